The standard InChI is InChI=1S/C20H23N7O/c1-13-16-7-6-14(12-17(16)24-23-13)21-20-22-18-4-3-5-19(27(18)25-20)26(2)15-8-10-28-11-9-15/h3-7,12,15H,8-11H2,1-2H3,(H,21,25)(H,23,24). The number of anilines is 3. The molecule has 0 spiro atoms. The second-order valence-electron chi connectivity index (χ2n) is 7.25. The Hall–Kier alpha value is -3.13. The molecule has 3 aromatic heterocycles. The second kappa shape index (κ2) is 6.79. The van der Waals surface area contributed by atoms with Crippen molar-refractivity contribution in [2.75, 3.05) is 30.5 Å². The summed E-state index contributed by atoms with van der Waals surface area (Å²) in [6.07, 6.45) is 2.05. The van der Waals surface area contributed by atoms with Gasteiger partial charge in [-0.2, -0.15) is 14.6 Å². The van der Waals surface area contributed by atoms with Crippen LogP contribution in [0.25, 0.3) is 16.6 Å². The first-order chi connectivity index (χ1) is 13.7. The summed E-state index contributed by atoms with van der Waals surface area (Å²) in [6.45, 7) is 3.64. The Bertz CT molecular complexity index is 1130. The molecule has 0 saturated carbocycles. The molecule has 1 aromatic carbocycles. The number of benzene rings is 1. The third-order valence-electron chi connectivity index (χ3n) is 5.44. The topological polar surface area (TPSA) is 83.4 Å². The van der Waals surface area contributed by atoms with Crippen LogP contribution < -0.4 is 10.2 Å². The van der Waals surface area contributed by atoms with Crippen LogP contribution in [0.4, 0.5) is 17.5 Å². The van der Waals surface area contributed by atoms with Gasteiger partial charge >= 0.3 is 0 Å². The van der Waals surface area contributed by atoms with Crippen LogP contribution in [0.2, 0.25) is 0 Å². The summed E-state index contributed by atoms with van der Waals surface area (Å²) in [5.41, 5.74) is 3.71. The molecule has 1 saturated heterocycles. The number of nitrogens with one attached hydrogen (secondary N) is 2. The number of H-pyrrole nitrogens is 1. The van der Waals surface area contributed by atoms with Gasteiger partial charge in [0.1, 0.15) is 5.82 Å². The fraction of sp³-hybridized carbons (Fsp3) is 0.350. The largest absolute Gasteiger partial charge is 0.381 e. The highest BCUT2D eigenvalue weighted by Gasteiger charge is 2.21. The van der Waals surface area contributed by atoms with E-state index in [1.807, 2.05) is 35.7 Å². The molecule has 1 aliphatic heterocycles. The van der Waals surface area contributed by atoms with Crippen molar-refractivity contribution in [2.45, 2.75) is 25.8 Å². The fourth-order valence-corrected chi connectivity index (χ4v) is 3.82. The second-order valence-corrected chi connectivity index (χ2v) is 7.25. The van der Waals surface area contributed by atoms with Crippen LogP contribution in [0.1, 0.15) is 18.5 Å². The van der Waals surface area contributed by atoms with E-state index in [2.05, 4.69) is 44.6 Å². The van der Waals surface area contributed by atoms with Gasteiger partial charge < -0.3 is 15.0 Å². The van der Waals surface area contributed by atoms with Crippen molar-refractivity contribution >= 4 is 34.0 Å². The summed E-state index contributed by atoms with van der Waals surface area (Å²) >= 11 is 0. The molecule has 28 heavy (non-hydrogen) atoms. The summed E-state index contributed by atoms with van der Waals surface area (Å²) in [7, 11) is 2.12. The molecular weight excluding hydrogens is 354 g/mol. The minimum atomic E-state index is 0.449. The number of nitrogens with zero attached hydrogens (tertiary/aromatic N) is 5. The Morgan fingerprint density at radius 2 is 2.07 bits per heavy atom. The van der Waals surface area contributed by atoms with Gasteiger partial charge in [0.05, 0.1) is 5.52 Å². The predicted octanol–water partition coefficient (Wildman–Crippen LogP) is 3.27. The van der Waals surface area contributed by atoms with Crippen LogP contribution in [-0.4, -0.2) is 51.1 Å². The van der Waals surface area contributed by atoms with Gasteiger partial charge in [0.15, 0.2) is 5.65 Å². The molecule has 0 aliphatic carbocycles. The Labute approximate surface area is 162 Å². The molecule has 1 fully saturated rings. The Morgan fingerprint density at radius 3 is 2.93 bits per heavy atom. The van der Waals surface area contributed by atoms with E-state index >= 15 is 0 Å². The highest BCUT2D eigenvalue weighted by atomic mass is 16.5. The van der Waals surface area contributed by atoms with E-state index in [0.717, 1.165) is 59.8 Å². The van der Waals surface area contributed by atoms with E-state index < -0.39 is 0 Å². The van der Waals surface area contributed by atoms with Gasteiger partial charge in [0.25, 0.3) is 0 Å². The fourth-order valence-electron chi connectivity index (χ4n) is 3.82. The van der Waals surface area contributed by atoms with Crippen LogP contribution in [0.5, 0.6) is 0 Å². The third-order valence-corrected chi connectivity index (χ3v) is 5.44. The van der Waals surface area contributed by atoms with Gasteiger partial charge in [-0.3, -0.25) is 5.10 Å². The van der Waals surface area contributed by atoms with Crippen molar-refractivity contribution < 1.29 is 4.74 Å². The Morgan fingerprint density at radius 1 is 1.21 bits per heavy atom. The first-order valence-electron chi connectivity index (χ1n) is 9.57. The molecule has 1 aliphatic rings. The molecule has 4 aromatic rings. The average Bonchev–Trinajstić information content (AvgIpc) is 3.30. The molecule has 0 unspecified atom stereocenters. The lowest BCUT2D eigenvalue weighted by Gasteiger charge is -2.32. The zero-order valence-electron chi connectivity index (χ0n) is 16.0. The van der Waals surface area contributed by atoms with Gasteiger partial charge in [-0.1, -0.05) is 6.07 Å². The van der Waals surface area contributed by atoms with Crippen LogP contribution in [-0.2, 0) is 4.74 Å². The molecule has 8 heteroatoms. The van der Waals surface area contributed by atoms with E-state index in [1.54, 1.807) is 0 Å². The highest BCUT2D eigenvalue weighted by Crippen LogP contribution is 2.25. The number of ether oxygens (including phenoxy) is 1. The SMILES string of the molecule is Cc1[nH]nc2cc(Nc3nc4cccc(N(C)C5CCOCC5)n4n3)ccc12. The van der Waals surface area contributed by atoms with Gasteiger partial charge in [0, 0.05) is 43.1 Å². The maximum atomic E-state index is 5.50. The summed E-state index contributed by atoms with van der Waals surface area (Å²) in [5.74, 6) is 1.60. The zero-order valence-corrected chi connectivity index (χ0v) is 16.0. The van der Waals surface area contributed by atoms with Gasteiger partial charge in [0.2, 0.25) is 5.95 Å². The maximum absolute atomic E-state index is 5.50. The molecule has 8 nitrogen and oxygen atoms in total. The summed E-state index contributed by atoms with van der Waals surface area (Å²) in [5, 5.41) is 16.5. The van der Waals surface area contributed by atoms with Crippen molar-refractivity contribution in [3.8, 4) is 0 Å². The molecule has 0 atom stereocenters. The average molecular weight is 377 g/mol. The van der Waals surface area contributed by atoms with Gasteiger partial charge in [-0.05, 0) is 50.1 Å². The van der Waals surface area contributed by atoms with Gasteiger partial charge in [-0.15, -0.1) is 5.10 Å². The summed E-state index contributed by atoms with van der Waals surface area (Å²) < 4.78 is 7.39. The monoisotopic (exact) mass is 377 g/mol. The van der Waals surface area contributed by atoms with E-state index in [4.69, 9.17) is 9.84 Å². The molecule has 0 amide bonds. The van der Waals surface area contributed by atoms with Crippen molar-refractivity contribution in [1.82, 2.24) is 24.8 Å². The first kappa shape index (κ1) is 17.0. The molecule has 0 bridgehead atoms. The molecule has 4 heterocycles. The summed E-state index contributed by atoms with van der Waals surface area (Å²) in [6, 6.07) is 12.6. The number of hydrogen-bond acceptors (Lipinski definition) is 6. The molecule has 5 rings (SSSR count). The molecule has 144 valence electrons. The lowest BCUT2D eigenvalue weighted by molar-refractivity contribution is 0.0853. The highest BCUT2D eigenvalue weighted by molar-refractivity contribution is 5.85. The van der Waals surface area contributed by atoms with Crippen molar-refractivity contribution in [3.63, 3.8) is 0 Å². The lowest BCUT2D eigenvalue weighted by atomic mass is 10.1. The number of aromatic nitrogens is 5. The van der Waals surface area contributed by atoms with Crippen LogP contribution in [0, 0.1) is 6.92 Å². The lowest BCUT2D eigenvalue weighted by Crippen LogP contribution is -2.37. The van der Waals surface area contributed by atoms with Gasteiger partial charge in [-0.25, -0.2) is 0 Å². The van der Waals surface area contributed by atoms with Crippen LogP contribution >= 0.6 is 0 Å². The van der Waals surface area contributed by atoms with Crippen LogP contribution in [0.3, 0.4) is 0 Å². The predicted molar refractivity (Wildman–Crippen MR) is 109 cm³/mol. The quantitative estimate of drug-likeness (QED) is 0.568. The number of hydrogen-bond donors (Lipinski definition) is 2. The maximum Gasteiger partial charge on any atom is 0.247 e. The summed E-state index contributed by atoms with van der Waals surface area (Å²) in [4.78, 5) is 6.93. The molecular formula is C20H23N7O. The number of aromatic amines is 1. The Kier molecular flexibility index (Phi) is 4.12. The van der Waals surface area contributed by atoms with Crippen molar-refractivity contribution in [3.05, 3.63) is 42.1 Å². The van der Waals surface area contributed by atoms with E-state index in [-0.39, 0.29) is 0 Å². The van der Waals surface area contributed by atoms with Crippen LogP contribution in [0.15, 0.2) is 36.4 Å². The normalized spacial score (nSPS) is 15.4. The first-order valence-corrected chi connectivity index (χ1v) is 9.57. The van der Waals surface area contributed by atoms with Crippen molar-refractivity contribution in [1.29, 1.82) is 0 Å². The third kappa shape index (κ3) is 2.95. The molecule has 2 N–H and O–H groups in total. The van der Waals surface area contributed by atoms with E-state index in [9.17, 15) is 0 Å². The number of pyridine rings is 1. The smallest absolute Gasteiger partial charge is 0.247 e. The number of fused-ring (bicyclic) bond motifs is 2. The van der Waals surface area contributed by atoms with E-state index in [1.165, 1.54) is 0 Å². The minimum absolute atomic E-state index is 0.449. The number of aryl methyl sites for hydroxylation is 1. The minimum Gasteiger partial charge on any atom is -0.381 e. The Balaban J connectivity index is 1.45. The molecule has 0 radical (unpaired) electrons. The van der Waals surface area contributed by atoms with Crippen molar-refractivity contribution in [2.24, 2.45) is 0 Å². The zero-order chi connectivity index (χ0) is 19.1. The number of rotatable bonds is 4. The van der Waals surface area contributed by atoms with E-state index in [0.29, 0.717) is 12.0 Å².